The van der Waals surface area contributed by atoms with Crippen molar-refractivity contribution in [2.45, 2.75) is 40.2 Å². The monoisotopic (exact) mass is 258 g/mol. The highest BCUT2D eigenvalue weighted by atomic mass is 15.3. The lowest BCUT2D eigenvalue weighted by molar-refractivity contribution is 0.589. The summed E-state index contributed by atoms with van der Waals surface area (Å²) in [4.78, 5) is 4.36. The maximum absolute atomic E-state index is 4.60. The van der Waals surface area contributed by atoms with Crippen molar-refractivity contribution in [1.82, 2.24) is 20.1 Å². The number of hydrogen-bond acceptors (Lipinski definition) is 3. The van der Waals surface area contributed by atoms with Crippen LogP contribution in [0.25, 0.3) is 5.82 Å². The second-order valence-electron chi connectivity index (χ2n) is 5.11. The summed E-state index contributed by atoms with van der Waals surface area (Å²) in [6.45, 7) is 9.48. The average Bonchev–Trinajstić information content (AvgIpc) is 2.67. The molecule has 0 aliphatic heterocycles. The van der Waals surface area contributed by atoms with E-state index in [0.717, 1.165) is 24.5 Å². The molecular formula is C15H22N4. The van der Waals surface area contributed by atoms with Crippen LogP contribution in [0.1, 0.15) is 30.8 Å². The van der Waals surface area contributed by atoms with E-state index in [1.165, 1.54) is 11.3 Å². The first-order valence-corrected chi connectivity index (χ1v) is 6.79. The van der Waals surface area contributed by atoms with Gasteiger partial charge >= 0.3 is 0 Å². The van der Waals surface area contributed by atoms with Gasteiger partial charge in [0.1, 0.15) is 0 Å². The van der Waals surface area contributed by atoms with Gasteiger partial charge in [0.15, 0.2) is 5.82 Å². The van der Waals surface area contributed by atoms with E-state index in [9.17, 15) is 0 Å². The lowest BCUT2D eigenvalue weighted by Crippen LogP contribution is -2.25. The van der Waals surface area contributed by atoms with Crippen LogP contribution in [0.5, 0.6) is 0 Å². The minimum atomic E-state index is 0.520. The molecule has 0 aliphatic rings. The van der Waals surface area contributed by atoms with E-state index < -0.39 is 0 Å². The predicted molar refractivity (Wildman–Crippen MR) is 77.7 cm³/mol. The molecule has 4 heteroatoms. The Morgan fingerprint density at radius 3 is 2.68 bits per heavy atom. The molecule has 102 valence electrons. The van der Waals surface area contributed by atoms with Gasteiger partial charge in [-0.05, 0) is 44.5 Å². The molecule has 0 atom stereocenters. The third-order valence-corrected chi connectivity index (χ3v) is 3.24. The van der Waals surface area contributed by atoms with Crippen molar-refractivity contribution in [3.63, 3.8) is 0 Å². The standard InChI is InChI=1S/C15H22N4/c1-11(2)16-10-8-14-12(3)18-19(13(14)4)15-7-5-6-9-17-15/h5-7,9,11,16H,8,10H2,1-4H3. The van der Waals surface area contributed by atoms with Crippen molar-refractivity contribution in [3.8, 4) is 5.82 Å². The maximum Gasteiger partial charge on any atom is 0.153 e. The zero-order valence-corrected chi connectivity index (χ0v) is 12.1. The van der Waals surface area contributed by atoms with Crippen LogP contribution in [-0.2, 0) is 6.42 Å². The van der Waals surface area contributed by atoms with Crippen molar-refractivity contribution in [1.29, 1.82) is 0 Å². The predicted octanol–water partition coefficient (Wildman–Crippen LogP) is 2.42. The first-order valence-electron chi connectivity index (χ1n) is 6.79. The SMILES string of the molecule is Cc1nn(-c2ccccn2)c(C)c1CCNC(C)C. The lowest BCUT2D eigenvalue weighted by atomic mass is 10.1. The molecule has 0 aromatic carbocycles. The van der Waals surface area contributed by atoms with Gasteiger partial charge in [-0.1, -0.05) is 19.9 Å². The molecule has 0 unspecified atom stereocenters. The van der Waals surface area contributed by atoms with Crippen LogP contribution in [-0.4, -0.2) is 27.4 Å². The van der Waals surface area contributed by atoms with E-state index in [-0.39, 0.29) is 0 Å². The summed E-state index contributed by atoms with van der Waals surface area (Å²) in [5.41, 5.74) is 3.59. The largest absolute Gasteiger partial charge is 0.314 e. The fourth-order valence-electron chi connectivity index (χ4n) is 2.22. The van der Waals surface area contributed by atoms with E-state index in [1.54, 1.807) is 6.20 Å². The van der Waals surface area contributed by atoms with Crippen molar-refractivity contribution in [3.05, 3.63) is 41.3 Å². The first kappa shape index (κ1) is 13.7. The van der Waals surface area contributed by atoms with Crippen LogP contribution in [0.15, 0.2) is 24.4 Å². The van der Waals surface area contributed by atoms with E-state index in [1.807, 2.05) is 22.9 Å². The van der Waals surface area contributed by atoms with Gasteiger partial charge in [0.2, 0.25) is 0 Å². The molecule has 1 N–H and O–H groups in total. The molecule has 0 aliphatic carbocycles. The molecule has 19 heavy (non-hydrogen) atoms. The molecule has 0 bridgehead atoms. The van der Waals surface area contributed by atoms with Gasteiger partial charge in [-0.15, -0.1) is 0 Å². The molecule has 2 aromatic heterocycles. The number of nitrogens with zero attached hydrogens (tertiary/aromatic N) is 3. The highest BCUT2D eigenvalue weighted by Gasteiger charge is 2.12. The molecule has 2 aromatic rings. The minimum absolute atomic E-state index is 0.520. The highest BCUT2D eigenvalue weighted by Crippen LogP contribution is 2.16. The average molecular weight is 258 g/mol. The van der Waals surface area contributed by atoms with Crippen molar-refractivity contribution >= 4 is 0 Å². The van der Waals surface area contributed by atoms with Crippen LogP contribution in [0.2, 0.25) is 0 Å². The highest BCUT2D eigenvalue weighted by molar-refractivity contribution is 5.32. The minimum Gasteiger partial charge on any atom is -0.314 e. The second kappa shape index (κ2) is 5.97. The van der Waals surface area contributed by atoms with Gasteiger partial charge in [0.25, 0.3) is 0 Å². The Morgan fingerprint density at radius 2 is 2.05 bits per heavy atom. The van der Waals surface area contributed by atoms with Crippen molar-refractivity contribution in [2.75, 3.05) is 6.54 Å². The fourth-order valence-corrected chi connectivity index (χ4v) is 2.22. The smallest absolute Gasteiger partial charge is 0.153 e. The quantitative estimate of drug-likeness (QED) is 0.895. The van der Waals surface area contributed by atoms with E-state index in [4.69, 9.17) is 0 Å². The Morgan fingerprint density at radius 1 is 1.26 bits per heavy atom. The number of pyridine rings is 1. The topological polar surface area (TPSA) is 42.7 Å². The summed E-state index contributed by atoms with van der Waals surface area (Å²) < 4.78 is 1.93. The van der Waals surface area contributed by atoms with Crippen molar-refractivity contribution < 1.29 is 0 Å². The Labute approximate surface area is 114 Å². The van der Waals surface area contributed by atoms with Gasteiger partial charge in [-0.2, -0.15) is 5.10 Å². The zero-order valence-electron chi connectivity index (χ0n) is 12.1. The zero-order chi connectivity index (χ0) is 13.8. The Hall–Kier alpha value is -1.68. The normalized spacial score (nSPS) is 11.2. The number of aromatic nitrogens is 3. The van der Waals surface area contributed by atoms with Crippen LogP contribution in [0.4, 0.5) is 0 Å². The maximum atomic E-state index is 4.60. The number of rotatable bonds is 5. The molecule has 0 saturated carbocycles. The lowest BCUT2D eigenvalue weighted by Gasteiger charge is -2.08. The first-order chi connectivity index (χ1) is 9.09. The van der Waals surface area contributed by atoms with Gasteiger partial charge < -0.3 is 5.32 Å². The van der Waals surface area contributed by atoms with Crippen molar-refractivity contribution in [2.24, 2.45) is 0 Å². The Bertz CT molecular complexity index is 529. The van der Waals surface area contributed by atoms with Gasteiger partial charge in [-0.25, -0.2) is 9.67 Å². The van der Waals surface area contributed by atoms with Crippen LogP contribution in [0.3, 0.4) is 0 Å². The number of aryl methyl sites for hydroxylation is 1. The van der Waals surface area contributed by atoms with Crippen LogP contribution in [0, 0.1) is 13.8 Å². The molecule has 2 heterocycles. The van der Waals surface area contributed by atoms with Crippen LogP contribution < -0.4 is 5.32 Å². The van der Waals surface area contributed by atoms with E-state index in [2.05, 4.69) is 43.1 Å². The molecule has 0 spiro atoms. The second-order valence-corrected chi connectivity index (χ2v) is 5.11. The molecule has 0 amide bonds. The summed E-state index contributed by atoms with van der Waals surface area (Å²) >= 11 is 0. The van der Waals surface area contributed by atoms with E-state index in [0.29, 0.717) is 6.04 Å². The fraction of sp³-hybridized carbons (Fsp3) is 0.467. The van der Waals surface area contributed by atoms with Gasteiger partial charge in [0.05, 0.1) is 5.69 Å². The summed E-state index contributed by atoms with van der Waals surface area (Å²) in [5.74, 6) is 0.881. The van der Waals surface area contributed by atoms with Crippen LogP contribution >= 0.6 is 0 Å². The van der Waals surface area contributed by atoms with E-state index >= 15 is 0 Å². The summed E-state index contributed by atoms with van der Waals surface area (Å²) in [6.07, 6.45) is 2.80. The molecule has 4 nitrogen and oxygen atoms in total. The molecule has 0 saturated heterocycles. The number of nitrogens with one attached hydrogen (secondary N) is 1. The summed E-state index contributed by atoms with van der Waals surface area (Å²) in [6, 6.07) is 6.41. The van der Waals surface area contributed by atoms with Gasteiger partial charge in [0, 0.05) is 17.9 Å². The number of hydrogen-bond donors (Lipinski definition) is 1. The molecule has 0 fully saturated rings. The summed E-state index contributed by atoms with van der Waals surface area (Å²) in [5, 5.41) is 8.05. The summed E-state index contributed by atoms with van der Waals surface area (Å²) in [7, 11) is 0. The Balaban J connectivity index is 2.20. The molecule has 2 rings (SSSR count). The Kier molecular flexibility index (Phi) is 4.32. The third kappa shape index (κ3) is 3.20. The van der Waals surface area contributed by atoms with Gasteiger partial charge in [-0.3, -0.25) is 0 Å². The third-order valence-electron chi connectivity index (χ3n) is 3.24. The molecule has 0 radical (unpaired) electrons. The molecular weight excluding hydrogens is 236 g/mol.